The number of esters is 1. The van der Waals surface area contributed by atoms with Crippen molar-refractivity contribution in [2.45, 2.75) is 19.4 Å². The highest BCUT2D eigenvalue weighted by Crippen LogP contribution is 2.22. The molecule has 132 valence electrons. The van der Waals surface area contributed by atoms with E-state index in [0.717, 1.165) is 29.3 Å². The summed E-state index contributed by atoms with van der Waals surface area (Å²) in [5.74, 6) is 1.74. The molecule has 0 bridgehead atoms. The van der Waals surface area contributed by atoms with Crippen LogP contribution in [0.1, 0.15) is 34.2 Å². The van der Waals surface area contributed by atoms with Crippen LogP contribution >= 0.6 is 23.1 Å². The average molecular weight is 379 g/mol. The first-order chi connectivity index (χ1) is 12.2. The van der Waals surface area contributed by atoms with E-state index in [1.807, 2.05) is 11.8 Å². The Morgan fingerprint density at radius 3 is 2.96 bits per heavy atom. The standard InChI is InChI=1S/C16H17N3O4S2/c1-2-22-15(21)12-9-25-16(18-12)19-14(20)10-3-4-13(17-7-10)23-11-5-6-24-8-11/h3-4,7,9,11H,2,5-6,8H2,1H3,(H,18,19,20)/t11-/m0/s1. The van der Waals surface area contributed by atoms with Gasteiger partial charge in [-0.1, -0.05) is 0 Å². The third-order valence-electron chi connectivity index (χ3n) is 3.38. The molecule has 1 N–H and O–H groups in total. The fourth-order valence-corrected chi connectivity index (χ4v) is 3.93. The van der Waals surface area contributed by atoms with Crippen molar-refractivity contribution in [3.05, 3.63) is 35.0 Å². The molecule has 0 aromatic carbocycles. The van der Waals surface area contributed by atoms with Crippen LogP contribution in [0.5, 0.6) is 5.88 Å². The van der Waals surface area contributed by atoms with E-state index in [4.69, 9.17) is 9.47 Å². The highest BCUT2D eigenvalue weighted by molar-refractivity contribution is 7.99. The molecule has 3 heterocycles. The van der Waals surface area contributed by atoms with E-state index >= 15 is 0 Å². The summed E-state index contributed by atoms with van der Waals surface area (Å²) in [7, 11) is 0. The van der Waals surface area contributed by atoms with Crippen molar-refractivity contribution in [3.8, 4) is 5.88 Å². The average Bonchev–Trinajstić information content (AvgIpc) is 3.28. The van der Waals surface area contributed by atoms with Crippen LogP contribution in [-0.4, -0.2) is 46.1 Å². The van der Waals surface area contributed by atoms with Gasteiger partial charge in [0.05, 0.1) is 12.2 Å². The summed E-state index contributed by atoms with van der Waals surface area (Å²) in [4.78, 5) is 32.0. The zero-order chi connectivity index (χ0) is 17.6. The minimum absolute atomic E-state index is 0.179. The minimum Gasteiger partial charge on any atom is -0.473 e. The number of nitrogens with zero attached hydrogens (tertiary/aromatic N) is 2. The highest BCUT2D eigenvalue weighted by atomic mass is 32.2. The number of thiazole rings is 1. The van der Waals surface area contributed by atoms with Gasteiger partial charge in [-0.25, -0.2) is 14.8 Å². The molecule has 2 aromatic heterocycles. The van der Waals surface area contributed by atoms with E-state index in [1.54, 1.807) is 24.4 Å². The molecule has 1 amide bonds. The van der Waals surface area contributed by atoms with E-state index < -0.39 is 5.97 Å². The second-order valence-corrected chi connectivity index (χ2v) is 7.21. The van der Waals surface area contributed by atoms with Crippen molar-refractivity contribution in [1.82, 2.24) is 9.97 Å². The first-order valence-corrected chi connectivity index (χ1v) is 9.83. The number of amides is 1. The fraction of sp³-hybridized carbons (Fsp3) is 0.375. The van der Waals surface area contributed by atoms with Gasteiger partial charge in [-0.15, -0.1) is 11.3 Å². The monoisotopic (exact) mass is 379 g/mol. The van der Waals surface area contributed by atoms with Crippen molar-refractivity contribution in [1.29, 1.82) is 0 Å². The summed E-state index contributed by atoms with van der Waals surface area (Å²) in [6, 6.07) is 3.34. The topological polar surface area (TPSA) is 90.4 Å². The van der Waals surface area contributed by atoms with E-state index in [2.05, 4.69) is 15.3 Å². The Hall–Kier alpha value is -2.13. The van der Waals surface area contributed by atoms with Gasteiger partial charge in [0.15, 0.2) is 10.8 Å². The normalized spacial score (nSPS) is 16.4. The SMILES string of the molecule is CCOC(=O)c1csc(NC(=O)c2ccc(O[C@H]3CCSC3)nc2)n1. The number of thioether (sulfide) groups is 1. The van der Waals surface area contributed by atoms with Crippen LogP contribution in [0.4, 0.5) is 5.13 Å². The van der Waals surface area contributed by atoms with Crippen molar-refractivity contribution < 1.29 is 19.1 Å². The van der Waals surface area contributed by atoms with Crippen LogP contribution in [0.2, 0.25) is 0 Å². The molecule has 1 saturated heterocycles. The summed E-state index contributed by atoms with van der Waals surface area (Å²) < 4.78 is 10.6. The number of carbonyl (C=O) groups excluding carboxylic acids is 2. The Bertz CT molecular complexity index is 742. The molecule has 0 aliphatic carbocycles. The molecule has 7 nitrogen and oxygen atoms in total. The Kier molecular flexibility index (Phi) is 5.87. The zero-order valence-corrected chi connectivity index (χ0v) is 15.2. The summed E-state index contributed by atoms with van der Waals surface area (Å²) in [6.07, 6.45) is 2.67. The van der Waals surface area contributed by atoms with Gasteiger partial charge in [0.25, 0.3) is 5.91 Å². The molecule has 0 unspecified atom stereocenters. The lowest BCUT2D eigenvalue weighted by atomic mass is 10.2. The zero-order valence-electron chi connectivity index (χ0n) is 13.6. The molecule has 1 aliphatic rings. The van der Waals surface area contributed by atoms with Crippen molar-refractivity contribution >= 4 is 40.1 Å². The third-order valence-corrected chi connectivity index (χ3v) is 5.27. The summed E-state index contributed by atoms with van der Waals surface area (Å²) >= 11 is 3.02. The summed E-state index contributed by atoms with van der Waals surface area (Å²) in [5, 5.41) is 4.52. The maximum Gasteiger partial charge on any atom is 0.357 e. The largest absolute Gasteiger partial charge is 0.473 e. The predicted molar refractivity (Wildman–Crippen MR) is 96.6 cm³/mol. The number of ether oxygens (including phenoxy) is 2. The van der Waals surface area contributed by atoms with Gasteiger partial charge in [-0.3, -0.25) is 10.1 Å². The molecule has 25 heavy (non-hydrogen) atoms. The molecular formula is C16H17N3O4S2. The Labute approximate surface area is 153 Å². The van der Waals surface area contributed by atoms with Gasteiger partial charge in [0, 0.05) is 23.4 Å². The molecule has 2 aromatic rings. The second kappa shape index (κ2) is 8.30. The van der Waals surface area contributed by atoms with Gasteiger partial charge < -0.3 is 9.47 Å². The van der Waals surface area contributed by atoms with Gasteiger partial charge in [-0.2, -0.15) is 11.8 Å². The lowest BCUT2D eigenvalue weighted by molar-refractivity contribution is 0.0520. The number of nitrogens with one attached hydrogen (secondary N) is 1. The van der Waals surface area contributed by atoms with Crippen LogP contribution in [0, 0.1) is 0 Å². The van der Waals surface area contributed by atoms with E-state index in [9.17, 15) is 9.59 Å². The quantitative estimate of drug-likeness (QED) is 0.772. The smallest absolute Gasteiger partial charge is 0.357 e. The molecule has 3 rings (SSSR count). The number of hydrogen-bond donors (Lipinski definition) is 1. The van der Waals surface area contributed by atoms with Gasteiger partial charge in [0.1, 0.15) is 6.10 Å². The van der Waals surface area contributed by atoms with Crippen LogP contribution in [0.15, 0.2) is 23.7 Å². The second-order valence-electron chi connectivity index (χ2n) is 5.20. The van der Waals surface area contributed by atoms with Crippen LogP contribution in [0.3, 0.4) is 0 Å². The molecule has 1 fully saturated rings. The van der Waals surface area contributed by atoms with E-state index in [0.29, 0.717) is 16.6 Å². The number of aromatic nitrogens is 2. The lowest BCUT2D eigenvalue weighted by Gasteiger charge is -2.11. The number of rotatable bonds is 6. The number of anilines is 1. The maximum atomic E-state index is 12.2. The molecule has 9 heteroatoms. The number of carbonyl (C=O) groups is 2. The molecule has 0 radical (unpaired) electrons. The van der Waals surface area contributed by atoms with Crippen molar-refractivity contribution in [2.75, 3.05) is 23.4 Å². The van der Waals surface area contributed by atoms with Crippen LogP contribution < -0.4 is 10.1 Å². The fourth-order valence-electron chi connectivity index (χ4n) is 2.16. The first kappa shape index (κ1) is 17.7. The number of pyridine rings is 1. The molecule has 0 spiro atoms. The van der Waals surface area contributed by atoms with Crippen LogP contribution in [-0.2, 0) is 4.74 Å². The highest BCUT2D eigenvalue weighted by Gasteiger charge is 2.18. The molecule has 1 atom stereocenters. The van der Waals surface area contributed by atoms with Gasteiger partial charge >= 0.3 is 5.97 Å². The maximum absolute atomic E-state index is 12.2. The predicted octanol–water partition coefficient (Wildman–Crippen LogP) is 2.85. The lowest BCUT2D eigenvalue weighted by Crippen LogP contribution is -2.16. The molecule has 0 saturated carbocycles. The minimum atomic E-state index is -0.507. The van der Waals surface area contributed by atoms with Crippen molar-refractivity contribution in [2.24, 2.45) is 0 Å². The summed E-state index contributed by atoms with van der Waals surface area (Å²) in [5.41, 5.74) is 0.569. The van der Waals surface area contributed by atoms with Gasteiger partial charge in [-0.05, 0) is 25.2 Å². The third kappa shape index (κ3) is 4.70. The Balaban J connectivity index is 1.58. The van der Waals surface area contributed by atoms with Crippen molar-refractivity contribution in [3.63, 3.8) is 0 Å². The first-order valence-electron chi connectivity index (χ1n) is 7.80. The molecule has 1 aliphatic heterocycles. The Morgan fingerprint density at radius 1 is 1.40 bits per heavy atom. The number of hydrogen-bond acceptors (Lipinski definition) is 8. The molecular weight excluding hydrogens is 362 g/mol. The van der Waals surface area contributed by atoms with Gasteiger partial charge in [0.2, 0.25) is 5.88 Å². The van der Waals surface area contributed by atoms with E-state index in [-0.39, 0.29) is 24.3 Å². The summed E-state index contributed by atoms with van der Waals surface area (Å²) in [6.45, 7) is 2.00. The van der Waals surface area contributed by atoms with E-state index in [1.165, 1.54) is 6.20 Å². The Morgan fingerprint density at radius 2 is 2.28 bits per heavy atom. The van der Waals surface area contributed by atoms with Crippen LogP contribution in [0.25, 0.3) is 0 Å².